The monoisotopic (exact) mass is 237 g/mol. The van der Waals surface area contributed by atoms with E-state index in [1.165, 1.54) is 12.3 Å². The van der Waals surface area contributed by atoms with Gasteiger partial charge < -0.3 is 5.32 Å². The molecule has 2 aromatic rings. The first-order valence-corrected chi connectivity index (χ1v) is 5.44. The third kappa shape index (κ3) is 2.53. The largest absolute Gasteiger partial charge is 0.320 e. The van der Waals surface area contributed by atoms with Gasteiger partial charge in [0.05, 0.1) is 11.6 Å². The topological polar surface area (TPSA) is 65.8 Å². The number of nitrogens with one attached hydrogen (secondary N) is 1. The van der Waals surface area contributed by atoms with Gasteiger partial charge in [0.2, 0.25) is 0 Å². The number of carbonyl (C=O) groups is 1. The Kier molecular flexibility index (Phi) is 3.35. The molecule has 88 valence electrons. The lowest BCUT2D eigenvalue weighted by Crippen LogP contribution is -2.14. The second-order valence-electron chi connectivity index (χ2n) is 3.81. The van der Waals surface area contributed by atoms with Gasteiger partial charge in [-0.05, 0) is 30.7 Å². The van der Waals surface area contributed by atoms with Crippen LogP contribution in [0.25, 0.3) is 0 Å². The van der Waals surface area contributed by atoms with Gasteiger partial charge in [-0.25, -0.2) is 0 Å². The molecule has 1 N–H and O–H groups in total. The van der Waals surface area contributed by atoms with Crippen molar-refractivity contribution in [2.24, 2.45) is 0 Å². The number of carbonyl (C=O) groups excluding carboxylic acids is 1. The summed E-state index contributed by atoms with van der Waals surface area (Å²) in [6.07, 6.45) is 1.45. The van der Waals surface area contributed by atoms with Gasteiger partial charge >= 0.3 is 0 Å². The highest BCUT2D eigenvalue weighted by Crippen LogP contribution is 2.14. The zero-order chi connectivity index (χ0) is 13.0. The molecular weight excluding hydrogens is 226 g/mol. The van der Waals surface area contributed by atoms with Crippen LogP contribution in [0.1, 0.15) is 21.6 Å². The summed E-state index contributed by atoms with van der Waals surface area (Å²) in [5.74, 6) is -0.318. The average Bonchev–Trinajstić information content (AvgIpc) is 2.41. The summed E-state index contributed by atoms with van der Waals surface area (Å²) in [7, 11) is 0. The predicted octanol–water partition coefficient (Wildman–Crippen LogP) is 2.51. The Hall–Kier alpha value is -2.67. The smallest absolute Gasteiger partial charge is 0.274 e. The molecule has 1 heterocycles. The van der Waals surface area contributed by atoms with Crippen LogP contribution in [0, 0.1) is 18.3 Å². The summed E-state index contributed by atoms with van der Waals surface area (Å²) >= 11 is 0. The van der Waals surface area contributed by atoms with E-state index in [4.69, 9.17) is 5.26 Å². The van der Waals surface area contributed by atoms with Crippen molar-refractivity contribution in [1.29, 1.82) is 5.26 Å². The van der Waals surface area contributed by atoms with Crippen LogP contribution in [0.3, 0.4) is 0 Å². The molecule has 0 saturated carbocycles. The van der Waals surface area contributed by atoms with Crippen LogP contribution in [-0.4, -0.2) is 10.9 Å². The highest BCUT2D eigenvalue weighted by Gasteiger charge is 2.09. The van der Waals surface area contributed by atoms with Crippen molar-refractivity contribution in [3.8, 4) is 6.07 Å². The molecule has 0 saturated heterocycles. The number of benzene rings is 1. The molecule has 0 atom stereocenters. The van der Waals surface area contributed by atoms with Crippen LogP contribution in [0.4, 0.5) is 5.69 Å². The predicted molar refractivity (Wildman–Crippen MR) is 68.1 cm³/mol. The minimum absolute atomic E-state index is 0.234. The normalized spacial score (nSPS) is 9.56. The maximum atomic E-state index is 12.0. The lowest BCUT2D eigenvalue weighted by molar-refractivity contribution is 0.102. The molecule has 0 aliphatic carbocycles. The van der Waals surface area contributed by atoms with Crippen molar-refractivity contribution >= 4 is 11.6 Å². The van der Waals surface area contributed by atoms with Gasteiger partial charge in [-0.3, -0.25) is 9.78 Å². The minimum Gasteiger partial charge on any atom is -0.320 e. The molecule has 0 spiro atoms. The Labute approximate surface area is 105 Å². The van der Waals surface area contributed by atoms with E-state index in [2.05, 4.69) is 10.3 Å². The first kappa shape index (κ1) is 11.8. The first-order valence-electron chi connectivity index (χ1n) is 5.44. The van der Waals surface area contributed by atoms with Gasteiger partial charge in [0.1, 0.15) is 5.69 Å². The number of para-hydroxylation sites is 1. The van der Waals surface area contributed by atoms with Crippen molar-refractivity contribution in [2.45, 2.75) is 6.92 Å². The zero-order valence-electron chi connectivity index (χ0n) is 9.84. The Balaban J connectivity index is 2.23. The molecule has 4 heteroatoms. The number of pyridine rings is 1. The van der Waals surface area contributed by atoms with E-state index in [-0.39, 0.29) is 11.6 Å². The Morgan fingerprint density at radius 1 is 1.33 bits per heavy atom. The van der Waals surface area contributed by atoms with E-state index in [9.17, 15) is 4.79 Å². The lowest BCUT2D eigenvalue weighted by Gasteiger charge is -2.07. The van der Waals surface area contributed by atoms with Gasteiger partial charge in [-0.15, -0.1) is 0 Å². The standard InChI is InChI=1S/C14H11N3O/c1-10-4-2-3-5-12(10)17-14(18)13-8-11(9-15)6-7-16-13/h2-8H,1H3,(H,17,18). The van der Waals surface area contributed by atoms with Crippen LogP contribution in [0.15, 0.2) is 42.6 Å². The van der Waals surface area contributed by atoms with Crippen LogP contribution in [0.2, 0.25) is 0 Å². The average molecular weight is 237 g/mol. The summed E-state index contributed by atoms with van der Waals surface area (Å²) in [6, 6.07) is 12.5. The molecule has 1 amide bonds. The molecule has 4 nitrogen and oxygen atoms in total. The summed E-state index contributed by atoms with van der Waals surface area (Å²) in [4.78, 5) is 15.9. The number of rotatable bonds is 2. The van der Waals surface area contributed by atoms with E-state index in [0.29, 0.717) is 5.56 Å². The molecule has 0 fully saturated rings. The molecule has 0 aliphatic heterocycles. The summed E-state index contributed by atoms with van der Waals surface area (Å²) in [6.45, 7) is 1.91. The number of aryl methyl sites for hydroxylation is 1. The van der Waals surface area contributed by atoms with Crippen LogP contribution < -0.4 is 5.32 Å². The van der Waals surface area contributed by atoms with Gasteiger partial charge in [0, 0.05) is 11.9 Å². The summed E-state index contributed by atoms with van der Waals surface area (Å²) in [5, 5.41) is 11.5. The summed E-state index contributed by atoms with van der Waals surface area (Å²) in [5.41, 5.74) is 2.37. The molecule has 18 heavy (non-hydrogen) atoms. The quantitative estimate of drug-likeness (QED) is 0.872. The van der Waals surface area contributed by atoms with Crippen molar-refractivity contribution in [1.82, 2.24) is 4.98 Å². The van der Waals surface area contributed by atoms with Crippen molar-refractivity contribution in [3.05, 3.63) is 59.4 Å². The van der Waals surface area contributed by atoms with E-state index < -0.39 is 0 Å². The van der Waals surface area contributed by atoms with Gasteiger partial charge in [0.15, 0.2) is 0 Å². The van der Waals surface area contributed by atoms with Crippen LogP contribution in [0.5, 0.6) is 0 Å². The molecule has 0 radical (unpaired) electrons. The Morgan fingerprint density at radius 3 is 2.83 bits per heavy atom. The number of hydrogen-bond donors (Lipinski definition) is 1. The zero-order valence-corrected chi connectivity index (χ0v) is 9.84. The molecule has 0 aliphatic rings. The van der Waals surface area contributed by atoms with Crippen LogP contribution >= 0.6 is 0 Å². The number of anilines is 1. The molecule has 1 aromatic carbocycles. The molecule has 2 rings (SSSR count). The van der Waals surface area contributed by atoms with Gasteiger partial charge in [-0.1, -0.05) is 18.2 Å². The fraction of sp³-hybridized carbons (Fsp3) is 0.0714. The highest BCUT2D eigenvalue weighted by molar-refractivity contribution is 6.03. The molecule has 0 bridgehead atoms. The third-order valence-corrected chi connectivity index (χ3v) is 2.51. The van der Waals surface area contributed by atoms with E-state index in [0.717, 1.165) is 11.3 Å². The van der Waals surface area contributed by atoms with E-state index in [1.807, 2.05) is 37.3 Å². The SMILES string of the molecule is Cc1ccccc1NC(=O)c1cc(C#N)ccn1. The molecular formula is C14H11N3O. The van der Waals surface area contributed by atoms with Gasteiger partial charge in [-0.2, -0.15) is 5.26 Å². The number of aromatic nitrogens is 1. The second-order valence-corrected chi connectivity index (χ2v) is 3.81. The van der Waals surface area contributed by atoms with Gasteiger partial charge in [0.25, 0.3) is 5.91 Å². The van der Waals surface area contributed by atoms with Crippen molar-refractivity contribution in [2.75, 3.05) is 5.32 Å². The summed E-state index contributed by atoms with van der Waals surface area (Å²) < 4.78 is 0. The number of hydrogen-bond acceptors (Lipinski definition) is 3. The van der Waals surface area contributed by atoms with Crippen molar-refractivity contribution < 1.29 is 4.79 Å². The van der Waals surface area contributed by atoms with E-state index in [1.54, 1.807) is 6.07 Å². The minimum atomic E-state index is -0.318. The van der Waals surface area contributed by atoms with E-state index >= 15 is 0 Å². The Bertz CT molecular complexity index is 629. The number of nitriles is 1. The van der Waals surface area contributed by atoms with Crippen LogP contribution in [-0.2, 0) is 0 Å². The molecule has 1 aromatic heterocycles. The Morgan fingerprint density at radius 2 is 2.11 bits per heavy atom. The van der Waals surface area contributed by atoms with Crippen molar-refractivity contribution in [3.63, 3.8) is 0 Å². The second kappa shape index (κ2) is 5.11. The number of amides is 1. The fourth-order valence-corrected chi connectivity index (χ4v) is 1.52. The maximum absolute atomic E-state index is 12.0. The first-order chi connectivity index (χ1) is 8.70. The lowest BCUT2D eigenvalue weighted by atomic mass is 10.2. The molecule has 0 unspecified atom stereocenters. The highest BCUT2D eigenvalue weighted by atomic mass is 16.1. The fourth-order valence-electron chi connectivity index (χ4n) is 1.52. The number of nitrogens with zero attached hydrogens (tertiary/aromatic N) is 2. The maximum Gasteiger partial charge on any atom is 0.274 e. The third-order valence-electron chi connectivity index (χ3n) is 2.51.